The summed E-state index contributed by atoms with van der Waals surface area (Å²) < 4.78 is 13.5. The zero-order valence-electron chi connectivity index (χ0n) is 15.5. The Hall–Kier alpha value is -2.06. The van der Waals surface area contributed by atoms with Crippen molar-refractivity contribution in [3.8, 4) is 11.3 Å². The van der Waals surface area contributed by atoms with E-state index in [1.807, 2.05) is 16.7 Å². The van der Waals surface area contributed by atoms with Gasteiger partial charge in [0.15, 0.2) is 5.65 Å². The summed E-state index contributed by atoms with van der Waals surface area (Å²) in [5.41, 5.74) is 4.34. The average molecular weight is 400 g/mol. The smallest absolute Gasteiger partial charge is 0.165 e. The molecule has 2 atom stereocenters. The van der Waals surface area contributed by atoms with E-state index < -0.39 is 0 Å². The quantitative estimate of drug-likeness (QED) is 0.726. The lowest BCUT2D eigenvalue weighted by atomic mass is 10.0. The van der Waals surface area contributed by atoms with Crippen molar-refractivity contribution in [1.29, 1.82) is 0 Å². The van der Waals surface area contributed by atoms with E-state index in [0.717, 1.165) is 67.0 Å². The molecule has 2 saturated heterocycles. The molecule has 1 unspecified atom stereocenters. The first-order valence-corrected chi connectivity index (χ1v) is 10.1. The lowest BCUT2D eigenvalue weighted by Crippen LogP contribution is -2.34. The van der Waals surface area contributed by atoms with E-state index in [9.17, 15) is 0 Å². The number of fused-ring (bicyclic) bond motifs is 1. The van der Waals surface area contributed by atoms with Crippen molar-refractivity contribution in [2.45, 2.75) is 31.5 Å². The number of halogens is 1. The van der Waals surface area contributed by atoms with Gasteiger partial charge in [0, 0.05) is 23.7 Å². The minimum absolute atomic E-state index is 0.0139. The first kappa shape index (κ1) is 18.0. The Morgan fingerprint density at radius 2 is 2.07 bits per heavy atom. The Morgan fingerprint density at radius 3 is 2.89 bits per heavy atom. The number of nitrogens with zero attached hydrogens (tertiary/aromatic N) is 4. The third-order valence-electron chi connectivity index (χ3n) is 5.34. The predicted molar refractivity (Wildman–Crippen MR) is 106 cm³/mol. The van der Waals surface area contributed by atoms with Crippen molar-refractivity contribution in [1.82, 2.24) is 24.8 Å². The van der Waals surface area contributed by atoms with E-state index in [1.54, 1.807) is 12.7 Å². The van der Waals surface area contributed by atoms with Crippen molar-refractivity contribution in [2.24, 2.45) is 0 Å². The third kappa shape index (κ3) is 3.39. The van der Waals surface area contributed by atoms with E-state index in [4.69, 9.17) is 21.1 Å². The Kier molecular flexibility index (Phi) is 4.98. The Bertz CT molecular complexity index is 980. The van der Waals surface area contributed by atoms with Crippen LogP contribution in [-0.4, -0.2) is 45.9 Å². The van der Waals surface area contributed by atoms with Crippen LogP contribution in [-0.2, 0) is 9.47 Å². The normalized spacial score (nSPS) is 23.2. The van der Waals surface area contributed by atoms with Crippen LogP contribution in [0.4, 0.5) is 0 Å². The van der Waals surface area contributed by atoms with Gasteiger partial charge < -0.3 is 14.8 Å². The molecule has 28 heavy (non-hydrogen) atoms. The van der Waals surface area contributed by atoms with Crippen molar-refractivity contribution in [2.75, 3.05) is 26.4 Å². The second kappa shape index (κ2) is 7.75. The molecule has 2 fully saturated rings. The molecule has 2 aliphatic rings. The molecule has 4 heterocycles. The summed E-state index contributed by atoms with van der Waals surface area (Å²) in [6, 6.07) is 6.13. The number of imidazole rings is 1. The minimum Gasteiger partial charge on any atom is -0.378 e. The lowest BCUT2D eigenvalue weighted by molar-refractivity contribution is -0.0298. The van der Waals surface area contributed by atoms with Crippen LogP contribution in [0.25, 0.3) is 22.4 Å². The number of hydrogen-bond donors (Lipinski definition) is 1. The maximum absolute atomic E-state index is 6.44. The molecule has 0 radical (unpaired) electrons. The highest BCUT2D eigenvalue weighted by molar-refractivity contribution is 6.31. The monoisotopic (exact) mass is 399 g/mol. The zero-order valence-corrected chi connectivity index (χ0v) is 16.2. The Balaban J connectivity index is 1.56. The van der Waals surface area contributed by atoms with Crippen molar-refractivity contribution in [3.05, 3.63) is 41.4 Å². The molecule has 3 aromatic rings. The summed E-state index contributed by atoms with van der Waals surface area (Å²) in [5.74, 6) is 0. The number of benzene rings is 1. The summed E-state index contributed by atoms with van der Waals surface area (Å²) in [4.78, 5) is 13.6. The van der Waals surface area contributed by atoms with Gasteiger partial charge in [0.2, 0.25) is 0 Å². The van der Waals surface area contributed by atoms with E-state index in [-0.39, 0.29) is 12.3 Å². The van der Waals surface area contributed by atoms with Gasteiger partial charge in [-0.3, -0.25) is 4.57 Å². The molecule has 0 spiro atoms. The van der Waals surface area contributed by atoms with Gasteiger partial charge in [0.25, 0.3) is 0 Å². The van der Waals surface area contributed by atoms with E-state index >= 15 is 0 Å². The Morgan fingerprint density at radius 1 is 1.11 bits per heavy atom. The van der Waals surface area contributed by atoms with Crippen LogP contribution in [0.15, 0.2) is 30.9 Å². The number of aromatic nitrogens is 4. The van der Waals surface area contributed by atoms with E-state index in [0.29, 0.717) is 11.6 Å². The molecular formula is C20H22ClN5O2. The highest BCUT2D eigenvalue weighted by Gasteiger charge is 2.22. The molecule has 2 aromatic heterocycles. The summed E-state index contributed by atoms with van der Waals surface area (Å²) in [6.45, 7) is 2.97. The fourth-order valence-electron chi connectivity index (χ4n) is 3.95. The molecule has 0 saturated carbocycles. The van der Waals surface area contributed by atoms with Crippen LogP contribution < -0.4 is 5.32 Å². The summed E-state index contributed by atoms with van der Waals surface area (Å²) in [5, 5.41) is 4.14. The molecule has 0 aliphatic carbocycles. The molecule has 7 nitrogen and oxygen atoms in total. The van der Waals surface area contributed by atoms with Gasteiger partial charge in [0.05, 0.1) is 25.6 Å². The van der Waals surface area contributed by atoms with Gasteiger partial charge in [-0.1, -0.05) is 11.6 Å². The van der Waals surface area contributed by atoms with Crippen LogP contribution in [0.1, 0.15) is 37.1 Å². The molecule has 0 amide bonds. The fraction of sp³-hybridized carbons (Fsp3) is 0.450. The molecule has 8 heteroatoms. The van der Waals surface area contributed by atoms with Gasteiger partial charge in [-0.05, 0) is 43.0 Å². The number of hydrogen-bond acceptors (Lipinski definition) is 6. The fourth-order valence-corrected chi connectivity index (χ4v) is 4.19. The molecule has 1 aromatic carbocycles. The van der Waals surface area contributed by atoms with Crippen LogP contribution in [0, 0.1) is 0 Å². The second-order valence-corrected chi connectivity index (χ2v) is 7.66. The molecule has 1 N–H and O–H groups in total. The number of ether oxygens (including phenoxy) is 2. The molecule has 146 valence electrons. The SMILES string of the molecule is Clc1cc(-c2ncnc3c2ncn3C2CCCCO2)cc([C@@H]2COCCN2)c1. The number of rotatable bonds is 3. The first-order valence-electron chi connectivity index (χ1n) is 9.71. The number of nitrogens with one attached hydrogen (secondary N) is 1. The third-order valence-corrected chi connectivity index (χ3v) is 5.56. The second-order valence-electron chi connectivity index (χ2n) is 7.22. The van der Waals surface area contributed by atoms with Gasteiger partial charge in [0.1, 0.15) is 23.8 Å². The number of morpholine rings is 1. The van der Waals surface area contributed by atoms with Crippen LogP contribution >= 0.6 is 11.6 Å². The largest absolute Gasteiger partial charge is 0.378 e. The van der Waals surface area contributed by atoms with E-state index in [2.05, 4.69) is 26.3 Å². The van der Waals surface area contributed by atoms with Crippen molar-refractivity contribution >= 4 is 22.8 Å². The van der Waals surface area contributed by atoms with Crippen LogP contribution in [0.5, 0.6) is 0 Å². The summed E-state index contributed by atoms with van der Waals surface area (Å²) >= 11 is 6.44. The summed E-state index contributed by atoms with van der Waals surface area (Å²) in [6.07, 6.45) is 6.60. The topological polar surface area (TPSA) is 74.1 Å². The van der Waals surface area contributed by atoms with Crippen LogP contribution in [0.2, 0.25) is 5.02 Å². The van der Waals surface area contributed by atoms with Gasteiger partial charge >= 0.3 is 0 Å². The first-order chi connectivity index (χ1) is 13.8. The van der Waals surface area contributed by atoms with Crippen LogP contribution in [0.3, 0.4) is 0 Å². The summed E-state index contributed by atoms with van der Waals surface area (Å²) in [7, 11) is 0. The zero-order chi connectivity index (χ0) is 18.9. The van der Waals surface area contributed by atoms with Gasteiger partial charge in [-0.15, -0.1) is 0 Å². The van der Waals surface area contributed by atoms with Gasteiger partial charge in [-0.25, -0.2) is 15.0 Å². The predicted octanol–water partition coefficient (Wildman–Crippen LogP) is 3.51. The van der Waals surface area contributed by atoms with Crippen molar-refractivity contribution < 1.29 is 9.47 Å². The molecular weight excluding hydrogens is 378 g/mol. The average Bonchev–Trinajstić information content (AvgIpc) is 3.19. The van der Waals surface area contributed by atoms with E-state index in [1.165, 1.54) is 0 Å². The lowest BCUT2D eigenvalue weighted by Gasteiger charge is -2.24. The maximum Gasteiger partial charge on any atom is 0.165 e. The molecule has 0 bridgehead atoms. The minimum atomic E-state index is -0.0139. The maximum atomic E-state index is 6.44. The molecule has 2 aliphatic heterocycles. The highest BCUT2D eigenvalue weighted by Crippen LogP contribution is 2.32. The van der Waals surface area contributed by atoms with Crippen molar-refractivity contribution in [3.63, 3.8) is 0 Å². The highest BCUT2D eigenvalue weighted by atomic mass is 35.5. The van der Waals surface area contributed by atoms with Gasteiger partial charge in [-0.2, -0.15) is 0 Å². The standard InChI is InChI=1S/C20H22ClN5O2/c21-15-8-13(16-10-27-6-4-22-16)7-14(9-15)18-19-20(24-11-23-18)26(12-25-19)17-3-1-2-5-28-17/h7-9,11-12,16-17,22H,1-6,10H2/t16-,17?/m0/s1. The molecule has 5 rings (SSSR count). The Labute approximate surface area is 168 Å².